The number of carbonyl (C=O) groups is 2. The number of carbonyl (C=O) groups excluding carboxylic acids is 2. The zero-order chi connectivity index (χ0) is 43.7. The van der Waals surface area contributed by atoms with Gasteiger partial charge >= 0.3 is 5.97 Å². The summed E-state index contributed by atoms with van der Waals surface area (Å²) in [6.07, 6.45) is 60.0. The van der Waals surface area contributed by atoms with Gasteiger partial charge in [0.2, 0.25) is 5.91 Å². The second kappa shape index (κ2) is 49.7. The normalized spacial score (nSPS) is 12.9. The molecule has 1 amide bonds. The zero-order valence-corrected chi connectivity index (χ0v) is 39.9. The second-order valence-electron chi connectivity index (χ2n) is 17.9. The molecule has 0 aliphatic heterocycles. The van der Waals surface area contributed by atoms with Crippen LogP contribution in [-0.4, -0.2) is 47.4 Å². The first-order chi connectivity index (χ1) is 29.5. The van der Waals surface area contributed by atoms with E-state index < -0.39 is 12.1 Å². The summed E-state index contributed by atoms with van der Waals surface area (Å²) in [5, 5.41) is 23.0. The van der Waals surface area contributed by atoms with Crippen molar-refractivity contribution in [3.05, 3.63) is 36.5 Å². The van der Waals surface area contributed by atoms with Crippen molar-refractivity contribution in [2.45, 2.75) is 283 Å². The minimum Gasteiger partial charge on any atom is -0.466 e. The molecule has 0 aliphatic carbocycles. The van der Waals surface area contributed by atoms with Gasteiger partial charge in [0.15, 0.2) is 0 Å². The van der Waals surface area contributed by atoms with Crippen molar-refractivity contribution >= 4 is 11.9 Å². The minimum atomic E-state index is -0.847. The molecular formula is C54H101NO5. The van der Waals surface area contributed by atoms with Crippen LogP contribution in [0.15, 0.2) is 36.5 Å². The number of hydrogen-bond acceptors (Lipinski definition) is 5. The average molecular weight is 844 g/mol. The molecule has 3 N–H and O–H groups in total. The van der Waals surface area contributed by atoms with Crippen LogP contribution in [0.4, 0.5) is 0 Å². The van der Waals surface area contributed by atoms with Gasteiger partial charge in [-0.25, -0.2) is 0 Å². The fourth-order valence-corrected chi connectivity index (χ4v) is 7.83. The fourth-order valence-electron chi connectivity index (χ4n) is 7.83. The molecule has 0 saturated heterocycles. The predicted octanol–water partition coefficient (Wildman–Crippen LogP) is 15.7. The first-order valence-corrected chi connectivity index (χ1v) is 26.3. The molecule has 0 bridgehead atoms. The number of aliphatic hydroxyl groups is 2. The molecule has 2 atom stereocenters. The quantitative estimate of drug-likeness (QED) is 0.0322. The van der Waals surface area contributed by atoms with Crippen molar-refractivity contribution in [2.24, 2.45) is 0 Å². The van der Waals surface area contributed by atoms with Gasteiger partial charge in [0.1, 0.15) is 0 Å². The van der Waals surface area contributed by atoms with E-state index in [0.717, 1.165) is 51.4 Å². The average Bonchev–Trinajstić information content (AvgIpc) is 3.25. The van der Waals surface area contributed by atoms with Gasteiger partial charge < -0.3 is 20.3 Å². The number of allylic oxidation sites excluding steroid dienone is 5. The minimum absolute atomic E-state index is 0.0108. The lowest BCUT2D eigenvalue weighted by Crippen LogP contribution is -2.45. The highest BCUT2D eigenvalue weighted by atomic mass is 16.5. The third-order valence-corrected chi connectivity index (χ3v) is 11.9. The van der Waals surface area contributed by atoms with Gasteiger partial charge in [0.25, 0.3) is 0 Å². The largest absolute Gasteiger partial charge is 0.466 e. The van der Waals surface area contributed by atoms with E-state index in [1.807, 2.05) is 6.08 Å². The van der Waals surface area contributed by atoms with Crippen LogP contribution in [0.1, 0.15) is 271 Å². The molecule has 0 aromatic carbocycles. The third-order valence-electron chi connectivity index (χ3n) is 11.9. The van der Waals surface area contributed by atoms with Gasteiger partial charge in [-0.05, 0) is 57.8 Å². The van der Waals surface area contributed by atoms with Crippen molar-refractivity contribution in [1.82, 2.24) is 5.32 Å². The van der Waals surface area contributed by atoms with E-state index in [-0.39, 0.29) is 18.5 Å². The Morgan fingerprint density at radius 2 is 0.850 bits per heavy atom. The molecule has 352 valence electrons. The summed E-state index contributed by atoms with van der Waals surface area (Å²) in [5.74, 6) is -0.0859. The summed E-state index contributed by atoms with van der Waals surface area (Å²) < 4.78 is 5.46. The Morgan fingerprint density at radius 3 is 1.32 bits per heavy atom. The summed E-state index contributed by atoms with van der Waals surface area (Å²) in [6, 6.07) is -0.631. The summed E-state index contributed by atoms with van der Waals surface area (Å²) in [5.41, 5.74) is 0. The Kier molecular flexibility index (Phi) is 48.1. The molecule has 0 aliphatic rings. The van der Waals surface area contributed by atoms with Crippen LogP contribution in [0.25, 0.3) is 0 Å². The lowest BCUT2D eigenvalue weighted by Gasteiger charge is -2.20. The molecule has 6 nitrogen and oxygen atoms in total. The molecule has 60 heavy (non-hydrogen) atoms. The fraction of sp³-hybridized carbons (Fsp3) is 0.852. The van der Waals surface area contributed by atoms with E-state index in [1.165, 1.54) is 193 Å². The molecule has 6 heteroatoms. The highest BCUT2D eigenvalue weighted by molar-refractivity contribution is 5.76. The van der Waals surface area contributed by atoms with Crippen LogP contribution in [-0.2, 0) is 14.3 Å². The summed E-state index contributed by atoms with van der Waals surface area (Å²) in [7, 11) is 0. The zero-order valence-electron chi connectivity index (χ0n) is 39.9. The number of esters is 1. The Morgan fingerprint density at radius 1 is 0.467 bits per heavy atom. The molecular weight excluding hydrogens is 743 g/mol. The Hall–Kier alpha value is -1.92. The molecule has 2 unspecified atom stereocenters. The Bertz CT molecular complexity index is 977. The first kappa shape index (κ1) is 58.1. The molecule has 0 saturated carbocycles. The monoisotopic (exact) mass is 844 g/mol. The molecule has 0 fully saturated rings. The maximum atomic E-state index is 12.4. The maximum absolute atomic E-state index is 12.4. The summed E-state index contributed by atoms with van der Waals surface area (Å²) >= 11 is 0. The van der Waals surface area contributed by atoms with Gasteiger partial charge in [0, 0.05) is 12.8 Å². The molecule has 0 spiro atoms. The van der Waals surface area contributed by atoms with Gasteiger partial charge in [-0.1, -0.05) is 237 Å². The molecule has 0 aromatic rings. The third kappa shape index (κ3) is 45.6. The summed E-state index contributed by atoms with van der Waals surface area (Å²) in [6.45, 7) is 4.83. The maximum Gasteiger partial charge on any atom is 0.305 e. The number of unbranched alkanes of at least 4 members (excludes halogenated alkanes) is 33. The van der Waals surface area contributed by atoms with Crippen LogP contribution < -0.4 is 5.32 Å². The number of hydrogen-bond donors (Lipinski definition) is 3. The number of amides is 1. The number of ether oxygens (including phenoxy) is 1. The van der Waals surface area contributed by atoms with E-state index in [4.69, 9.17) is 4.74 Å². The van der Waals surface area contributed by atoms with Crippen LogP contribution in [0, 0.1) is 0 Å². The Labute approximate surface area is 373 Å². The number of aliphatic hydroxyl groups excluding tert-OH is 2. The number of rotatable bonds is 48. The highest BCUT2D eigenvalue weighted by Gasteiger charge is 2.18. The van der Waals surface area contributed by atoms with Crippen molar-refractivity contribution in [3.8, 4) is 0 Å². The first-order valence-electron chi connectivity index (χ1n) is 26.3. The van der Waals surface area contributed by atoms with Crippen molar-refractivity contribution in [3.63, 3.8) is 0 Å². The molecule has 0 radical (unpaired) electrons. The van der Waals surface area contributed by atoms with E-state index in [9.17, 15) is 19.8 Å². The Balaban J connectivity index is 3.44. The predicted molar refractivity (Wildman–Crippen MR) is 259 cm³/mol. The lowest BCUT2D eigenvalue weighted by atomic mass is 10.0. The van der Waals surface area contributed by atoms with E-state index in [0.29, 0.717) is 19.4 Å². The van der Waals surface area contributed by atoms with Gasteiger partial charge in [0.05, 0.1) is 25.4 Å². The van der Waals surface area contributed by atoms with Crippen molar-refractivity contribution in [1.29, 1.82) is 0 Å². The van der Waals surface area contributed by atoms with Crippen LogP contribution >= 0.6 is 0 Å². The van der Waals surface area contributed by atoms with Crippen LogP contribution in [0.5, 0.6) is 0 Å². The van der Waals surface area contributed by atoms with Crippen molar-refractivity contribution in [2.75, 3.05) is 13.2 Å². The molecule has 0 rings (SSSR count). The molecule has 0 heterocycles. The second-order valence-corrected chi connectivity index (χ2v) is 17.9. The van der Waals surface area contributed by atoms with Gasteiger partial charge in [-0.2, -0.15) is 0 Å². The topological polar surface area (TPSA) is 95.9 Å². The number of nitrogens with one attached hydrogen (secondary N) is 1. The van der Waals surface area contributed by atoms with Gasteiger partial charge in [-0.3, -0.25) is 9.59 Å². The van der Waals surface area contributed by atoms with Crippen LogP contribution in [0.2, 0.25) is 0 Å². The van der Waals surface area contributed by atoms with E-state index in [2.05, 4.69) is 43.5 Å². The summed E-state index contributed by atoms with van der Waals surface area (Å²) in [4.78, 5) is 24.4. The van der Waals surface area contributed by atoms with Crippen molar-refractivity contribution < 1.29 is 24.5 Å². The van der Waals surface area contributed by atoms with E-state index in [1.54, 1.807) is 6.08 Å². The molecule has 0 aromatic heterocycles. The van der Waals surface area contributed by atoms with Crippen LogP contribution in [0.3, 0.4) is 0 Å². The van der Waals surface area contributed by atoms with Gasteiger partial charge in [-0.15, -0.1) is 0 Å². The SMILES string of the molecule is CCCC/C=C\C/C=C\CCCCCCCC(=O)OCCCCCCCCCCCCCCCCCCCC(=O)NC(CO)C(O)/C=C/CCCCCCCCCCCC. The lowest BCUT2D eigenvalue weighted by molar-refractivity contribution is -0.143. The standard InChI is InChI=1S/C54H101NO5/c1-3-5-7-9-11-13-15-17-24-28-32-36-40-44-48-54(59)60-49-45-41-37-33-29-25-22-20-18-19-21-23-27-31-35-39-43-47-53(58)55-51(50-56)52(57)46-42-38-34-30-26-16-14-12-10-8-6-4-2/h9,11,15,17,42,46,51-52,56-57H,3-8,10,12-14,16,18-41,43-45,47-50H2,1-2H3,(H,55,58)/b11-9-,17-15-,46-42+. The smallest absolute Gasteiger partial charge is 0.305 e. The highest BCUT2D eigenvalue weighted by Crippen LogP contribution is 2.16. The van der Waals surface area contributed by atoms with E-state index >= 15 is 0 Å².